The van der Waals surface area contributed by atoms with Gasteiger partial charge in [0.25, 0.3) is 0 Å². The van der Waals surface area contributed by atoms with E-state index in [0.29, 0.717) is 0 Å². The van der Waals surface area contributed by atoms with Crippen molar-refractivity contribution in [3.63, 3.8) is 0 Å². The molecule has 3 rings (SSSR count). The Kier molecular flexibility index (Phi) is 4.52. The quantitative estimate of drug-likeness (QED) is 0.846. The summed E-state index contributed by atoms with van der Waals surface area (Å²) in [6, 6.07) is 2.04. The van der Waals surface area contributed by atoms with Crippen LogP contribution in [0.25, 0.3) is 0 Å². The van der Waals surface area contributed by atoms with Crippen LogP contribution in [0.2, 0.25) is 0 Å². The van der Waals surface area contributed by atoms with Crippen LogP contribution >= 0.6 is 0 Å². The lowest BCUT2D eigenvalue weighted by Gasteiger charge is -2.23. The van der Waals surface area contributed by atoms with Gasteiger partial charge < -0.3 is 9.64 Å². The van der Waals surface area contributed by atoms with Crippen molar-refractivity contribution >= 4 is 0 Å². The monoisotopic (exact) mass is 290 g/mol. The molecule has 1 atom stereocenters. The fourth-order valence-corrected chi connectivity index (χ4v) is 3.18. The van der Waals surface area contributed by atoms with Gasteiger partial charge in [0, 0.05) is 32.4 Å². The van der Waals surface area contributed by atoms with Gasteiger partial charge >= 0.3 is 0 Å². The lowest BCUT2D eigenvalue weighted by molar-refractivity contribution is 0.00902. The highest BCUT2D eigenvalue weighted by Crippen LogP contribution is 2.33. The lowest BCUT2D eigenvalue weighted by Crippen LogP contribution is -2.30. The van der Waals surface area contributed by atoms with Crippen molar-refractivity contribution in [3.8, 4) is 0 Å². The van der Waals surface area contributed by atoms with E-state index in [4.69, 9.17) is 9.72 Å². The minimum atomic E-state index is -0.283. The smallest absolute Gasteiger partial charge is 0.160 e. The molecule has 2 aliphatic rings. The molecule has 116 valence electrons. The number of rotatable bonds is 3. The van der Waals surface area contributed by atoms with E-state index >= 15 is 0 Å². The maximum atomic E-state index is 5.86. The molecule has 0 amide bonds. The number of ether oxygens (including phenoxy) is 1. The van der Waals surface area contributed by atoms with Gasteiger partial charge in [-0.1, -0.05) is 0 Å². The normalized spacial score (nSPS) is 28.7. The second-order valence-corrected chi connectivity index (χ2v) is 6.49. The van der Waals surface area contributed by atoms with Crippen molar-refractivity contribution in [3.05, 3.63) is 23.8 Å². The molecule has 0 unspecified atom stereocenters. The minimum absolute atomic E-state index is 0.283. The zero-order valence-corrected chi connectivity index (χ0v) is 13.2. The Morgan fingerprint density at radius 1 is 1.24 bits per heavy atom. The molecule has 5 nitrogen and oxygen atoms in total. The molecule has 3 heterocycles. The maximum absolute atomic E-state index is 5.86. The maximum Gasteiger partial charge on any atom is 0.160 e. The summed E-state index contributed by atoms with van der Waals surface area (Å²) in [5.41, 5.74) is 0.830. The SMILES string of the molecule is CN1CCCN(Cc2ccnc([C@]3(C)CCCO3)n2)CC1. The molecule has 2 aliphatic heterocycles. The molecule has 21 heavy (non-hydrogen) atoms. The largest absolute Gasteiger partial charge is 0.367 e. The Morgan fingerprint density at radius 3 is 2.95 bits per heavy atom. The summed E-state index contributed by atoms with van der Waals surface area (Å²) in [7, 11) is 2.20. The highest BCUT2D eigenvalue weighted by Gasteiger charge is 2.34. The van der Waals surface area contributed by atoms with Gasteiger partial charge in [-0.15, -0.1) is 0 Å². The summed E-state index contributed by atoms with van der Waals surface area (Å²) < 4.78 is 5.86. The van der Waals surface area contributed by atoms with Crippen LogP contribution in [0.3, 0.4) is 0 Å². The van der Waals surface area contributed by atoms with Gasteiger partial charge in [0.15, 0.2) is 5.82 Å². The van der Waals surface area contributed by atoms with Crippen molar-refractivity contribution in [1.29, 1.82) is 0 Å². The molecule has 0 spiro atoms. The molecule has 1 aromatic rings. The molecule has 2 saturated heterocycles. The van der Waals surface area contributed by atoms with Crippen LogP contribution in [0, 0.1) is 0 Å². The number of aromatic nitrogens is 2. The Hall–Kier alpha value is -1.04. The Labute approximate surface area is 127 Å². The van der Waals surface area contributed by atoms with Crippen LogP contribution in [0.1, 0.15) is 37.7 Å². The van der Waals surface area contributed by atoms with E-state index in [1.807, 2.05) is 12.3 Å². The van der Waals surface area contributed by atoms with Gasteiger partial charge in [-0.05, 0) is 52.4 Å². The molecule has 0 radical (unpaired) electrons. The number of hydrogen-bond acceptors (Lipinski definition) is 5. The standard InChI is InChI=1S/C16H26N4O/c1-16(6-3-12-21-16)15-17-7-5-14(18-15)13-20-9-4-8-19(2)10-11-20/h5,7H,3-4,6,8-13H2,1-2H3/t16-/m0/s1. The molecular formula is C16H26N4O. The van der Waals surface area contributed by atoms with Gasteiger partial charge in [-0.3, -0.25) is 4.90 Å². The fraction of sp³-hybridized carbons (Fsp3) is 0.750. The zero-order valence-electron chi connectivity index (χ0n) is 13.2. The Morgan fingerprint density at radius 2 is 2.14 bits per heavy atom. The third-order valence-electron chi connectivity index (χ3n) is 4.60. The van der Waals surface area contributed by atoms with E-state index in [9.17, 15) is 0 Å². The molecule has 0 N–H and O–H groups in total. The summed E-state index contributed by atoms with van der Waals surface area (Å²) >= 11 is 0. The molecule has 5 heteroatoms. The number of nitrogens with zero attached hydrogens (tertiary/aromatic N) is 4. The summed E-state index contributed by atoms with van der Waals surface area (Å²) in [5.74, 6) is 0.851. The van der Waals surface area contributed by atoms with Gasteiger partial charge in [0.1, 0.15) is 5.60 Å². The van der Waals surface area contributed by atoms with Crippen LogP contribution < -0.4 is 0 Å². The Balaban J connectivity index is 1.68. The number of likely N-dealkylation sites (N-methyl/N-ethyl adjacent to an activating group) is 1. The predicted molar refractivity (Wildman–Crippen MR) is 82.0 cm³/mol. The van der Waals surface area contributed by atoms with Crippen molar-refractivity contribution in [2.45, 2.75) is 38.3 Å². The van der Waals surface area contributed by atoms with Crippen molar-refractivity contribution in [1.82, 2.24) is 19.8 Å². The molecule has 0 aliphatic carbocycles. The summed E-state index contributed by atoms with van der Waals surface area (Å²) in [6.45, 7) is 8.44. The van der Waals surface area contributed by atoms with E-state index in [1.54, 1.807) is 0 Å². The first kappa shape index (κ1) is 14.9. The second-order valence-electron chi connectivity index (χ2n) is 6.49. The van der Waals surface area contributed by atoms with E-state index in [0.717, 1.165) is 57.1 Å². The Bertz CT molecular complexity index is 473. The van der Waals surface area contributed by atoms with Crippen molar-refractivity contribution in [2.75, 3.05) is 39.8 Å². The van der Waals surface area contributed by atoms with Crippen LogP contribution in [-0.2, 0) is 16.9 Å². The number of hydrogen-bond donors (Lipinski definition) is 0. The first-order chi connectivity index (χ1) is 10.2. The fourth-order valence-electron chi connectivity index (χ4n) is 3.18. The molecule has 0 aromatic carbocycles. The second kappa shape index (κ2) is 6.38. The summed E-state index contributed by atoms with van der Waals surface area (Å²) in [4.78, 5) is 14.1. The summed E-state index contributed by atoms with van der Waals surface area (Å²) in [6.07, 6.45) is 5.23. The lowest BCUT2D eigenvalue weighted by atomic mass is 10.0. The van der Waals surface area contributed by atoms with E-state index in [-0.39, 0.29) is 5.60 Å². The highest BCUT2D eigenvalue weighted by molar-refractivity contribution is 5.09. The third-order valence-corrected chi connectivity index (χ3v) is 4.60. The average molecular weight is 290 g/mol. The van der Waals surface area contributed by atoms with E-state index < -0.39 is 0 Å². The summed E-state index contributed by atoms with van der Waals surface area (Å²) in [5, 5.41) is 0. The van der Waals surface area contributed by atoms with Crippen LogP contribution in [0.15, 0.2) is 12.3 Å². The van der Waals surface area contributed by atoms with Crippen LogP contribution in [0.4, 0.5) is 0 Å². The first-order valence-electron chi connectivity index (χ1n) is 8.03. The highest BCUT2D eigenvalue weighted by atomic mass is 16.5. The van der Waals surface area contributed by atoms with Crippen molar-refractivity contribution in [2.24, 2.45) is 0 Å². The van der Waals surface area contributed by atoms with Gasteiger partial charge in [-0.2, -0.15) is 0 Å². The first-order valence-corrected chi connectivity index (χ1v) is 8.03. The molecule has 1 aromatic heterocycles. The molecule has 2 fully saturated rings. The predicted octanol–water partition coefficient (Wildman–Crippen LogP) is 1.64. The van der Waals surface area contributed by atoms with Gasteiger partial charge in [0.05, 0.1) is 5.69 Å². The molecule has 0 bridgehead atoms. The third kappa shape index (κ3) is 3.59. The van der Waals surface area contributed by atoms with E-state index in [1.165, 1.54) is 13.0 Å². The zero-order chi connectivity index (χ0) is 14.7. The van der Waals surface area contributed by atoms with Gasteiger partial charge in [-0.25, -0.2) is 9.97 Å². The van der Waals surface area contributed by atoms with Crippen molar-refractivity contribution < 1.29 is 4.74 Å². The topological polar surface area (TPSA) is 41.5 Å². The van der Waals surface area contributed by atoms with Gasteiger partial charge in [0.2, 0.25) is 0 Å². The molecular weight excluding hydrogens is 264 g/mol. The van der Waals surface area contributed by atoms with E-state index in [2.05, 4.69) is 28.8 Å². The minimum Gasteiger partial charge on any atom is -0.367 e. The average Bonchev–Trinajstić information content (AvgIpc) is 2.83. The molecule has 0 saturated carbocycles. The van der Waals surface area contributed by atoms with Crippen LogP contribution in [-0.4, -0.2) is 59.6 Å². The van der Waals surface area contributed by atoms with Crippen LogP contribution in [0.5, 0.6) is 0 Å².